The van der Waals surface area contributed by atoms with Gasteiger partial charge in [-0.2, -0.15) is 0 Å². The number of hydrogen-bond acceptors (Lipinski definition) is 9. The van der Waals surface area contributed by atoms with Gasteiger partial charge in [0.25, 0.3) is 0 Å². The predicted octanol–water partition coefficient (Wildman–Crippen LogP) is 2.59. The smallest absolute Gasteiger partial charge is 0.186 e. The van der Waals surface area contributed by atoms with E-state index in [9.17, 15) is 25.5 Å². The van der Waals surface area contributed by atoms with E-state index in [-0.39, 0.29) is 23.0 Å². The van der Waals surface area contributed by atoms with Gasteiger partial charge in [0.05, 0.1) is 31.5 Å². The highest BCUT2D eigenvalue weighted by molar-refractivity contribution is 5.16. The van der Waals surface area contributed by atoms with Crippen LogP contribution in [0.15, 0.2) is 0 Å². The Hall–Kier alpha value is -0.360. The lowest BCUT2D eigenvalue weighted by atomic mass is 9.43. The second-order valence-electron chi connectivity index (χ2n) is 16.0. The average Bonchev–Trinajstić information content (AvgIpc) is 3.41. The van der Waals surface area contributed by atoms with Crippen molar-refractivity contribution in [2.24, 2.45) is 52.3 Å². The summed E-state index contributed by atoms with van der Waals surface area (Å²) in [6, 6.07) is 0. The Labute approximate surface area is 250 Å². The Morgan fingerprint density at radius 1 is 0.857 bits per heavy atom. The molecule has 42 heavy (non-hydrogen) atoms. The summed E-state index contributed by atoms with van der Waals surface area (Å²) in [4.78, 5) is 0. The first-order valence-electron chi connectivity index (χ1n) is 16.9. The molecule has 4 saturated carbocycles. The van der Waals surface area contributed by atoms with Crippen molar-refractivity contribution in [3.63, 3.8) is 0 Å². The van der Waals surface area contributed by atoms with E-state index in [0.717, 1.165) is 45.1 Å². The maximum atomic E-state index is 11.8. The van der Waals surface area contributed by atoms with Crippen molar-refractivity contribution < 1.29 is 44.5 Å². The summed E-state index contributed by atoms with van der Waals surface area (Å²) in [6.45, 7) is 9.82. The highest BCUT2D eigenvalue weighted by atomic mass is 16.7. The van der Waals surface area contributed by atoms with Gasteiger partial charge < -0.3 is 44.5 Å². The van der Waals surface area contributed by atoms with E-state index in [1.807, 2.05) is 0 Å². The van der Waals surface area contributed by atoms with E-state index < -0.39 is 49.2 Å². The van der Waals surface area contributed by atoms with Gasteiger partial charge in [0.1, 0.15) is 24.4 Å². The van der Waals surface area contributed by atoms with E-state index in [1.54, 1.807) is 0 Å². The summed E-state index contributed by atoms with van der Waals surface area (Å²) < 4.78 is 25.2. The second-order valence-corrected chi connectivity index (χ2v) is 16.0. The summed E-state index contributed by atoms with van der Waals surface area (Å²) in [5, 5.41) is 52.3. The molecule has 18 atom stereocenters. The van der Waals surface area contributed by atoms with E-state index in [2.05, 4.69) is 27.7 Å². The molecule has 3 aliphatic heterocycles. The van der Waals surface area contributed by atoms with Crippen molar-refractivity contribution in [1.82, 2.24) is 0 Å². The van der Waals surface area contributed by atoms with Crippen LogP contribution in [0, 0.1) is 52.3 Å². The van der Waals surface area contributed by atoms with Crippen LogP contribution in [0.1, 0.15) is 85.5 Å². The van der Waals surface area contributed by atoms with Gasteiger partial charge in [0.15, 0.2) is 12.1 Å². The minimum absolute atomic E-state index is 0.201. The molecule has 0 aromatic rings. The molecular formula is C33H54O9. The zero-order valence-corrected chi connectivity index (χ0v) is 25.8. The third-order valence-corrected chi connectivity index (χ3v) is 14.2. The van der Waals surface area contributed by atoms with Crippen LogP contribution in [0.4, 0.5) is 0 Å². The lowest BCUT2D eigenvalue weighted by molar-refractivity contribution is -0.320. The predicted molar refractivity (Wildman–Crippen MR) is 152 cm³/mol. The molecule has 0 unspecified atom stereocenters. The SMILES string of the molecule is C[C@H]1CC[C@]2(OC1)O[C@H]1C[C@H]3[C@@H]4CC[C@@H]5C[C@@H](O[C@@H]6O[C@H](CO)[C@@H](O)[C@H](O)[C@H]6O)C[C@@H](O)[C@]5(C)[C@H]4CC[C@]3(C)[C@H]1[C@@H]2C. The van der Waals surface area contributed by atoms with Crippen LogP contribution in [-0.2, 0) is 18.9 Å². The van der Waals surface area contributed by atoms with Gasteiger partial charge in [-0.15, -0.1) is 0 Å². The molecule has 3 saturated heterocycles. The fourth-order valence-corrected chi connectivity index (χ4v) is 11.8. The Morgan fingerprint density at radius 2 is 1.64 bits per heavy atom. The lowest BCUT2D eigenvalue weighted by Gasteiger charge is -2.62. The maximum Gasteiger partial charge on any atom is 0.186 e. The van der Waals surface area contributed by atoms with Crippen molar-refractivity contribution in [3.8, 4) is 0 Å². The number of hydrogen-bond donors (Lipinski definition) is 5. The standard InChI is InChI=1S/C33H54O9/c1-16-7-10-33(39-15-16)17(2)26-23(42-33)13-22-20-6-5-18-11-19(40-30-29(38)28(37)27(36)24(14-34)41-30)12-25(35)32(18,4)21(20)8-9-31(22,26)3/h16-30,34-38H,5-15H2,1-4H3/t16-,17-,18+,19+,20+,21-,22-,23-,24+,25+,26-,27+,28-,29+,30+,31-,32-,33-/m0/s1. The van der Waals surface area contributed by atoms with Crippen LogP contribution in [0.25, 0.3) is 0 Å². The molecule has 5 N–H and O–H groups in total. The van der Waals surface area contributed by atoms with Crippen molar-refractivity contribution in [1.29, 1.82) is 0 Å². The monoisotopic (exact) mass is 594 g/mol. The van der Waals surface area contributed by atoms with E-state index >= 15 is 0 Å². The lowest BCUT2D eigenvalue weighted by Crippen LogP contribution is -2.62. The second kappa shape index (κ2) is 10.6. The molecule has 9 nitrogen and oxygen atoms in total. The van der Waals surface area contributed by atoms with Gasteiger partial charge >= 0.3 is 0 Å². The highest BCUT2D eigenvalue weighted by Crippen LogP contribution is 2.71. The van der Waals surface area contributed by atoms with Crippen LogP contribution in [0.5, 0.6) is 0 Å². The molecule has 0 bridgehead atoms. The van der Waals surface area contributed by atoms with Crippen molar-refractivity contribution in [2.75, 3.05) is 13.2 Å². The topological polar surface area (TPSA) is 138 Å². The Bertz CT molecular complexity index is 1000. The number of rotatable bonds is 3. The average molecular weight is 595 g/mol. The summed E-state index contributed by atoms with van der Waals surface area (Å²) in [5.74, 6) is 3.04. The van der Waals surface area contributed by atoms with Crippen LogP contribution in [0.3, 0.4) is 0 Å². The van der Waals surface area contributed by atoms with Gasteiger partial charge in [-0.3, -0.25) is 0 Å². The van der Waals surface area contributed by atoms with Gasteiger partial charge in [-0.05, 0) is 91.3 Å². The highest BCUT2D eigenvalue weighted by Gasteiger charge is 2.70. The zero-order chi connectivity index (χ0) is 29.8. The van der Waals surface area contributed by atoms with Crippen LogP contribution in [0.2, 0.25) is 0 Å². The first-order valence-corrected chi connectivity index (χ1v) is 16.9. The van der Waals surface area contributed by atoms with Gasteiger partial charge in [-0.1, -0.05) is 27.7 Å². The molecule has 7 rings (SSSR count). The van der Waals surface area contributed by atoms with Crippen molar-refractivity contribution >= 4 is 0 Å². The minimum atomic E-state index is -1.47. The number of aliphatic hydroxyl groups is 5. The summed E-state index contributed by atoms with van der Waals surface area (Å²) in [7, 11) is 0. The van der Waals surface area contributed by atoms with Gasteiger partial charge in [0.2, 0.25) is 0 Å². The maximum absolute atomic E-state index is 11.8. The Kier molecular flexibility index (Phi) is 7.64. The van der Waals surface area contributed by atoms with Crippen LogP contribution >= 0.6 is 0 Å². The molecule has 240 valence electrons. The molecule has 0 aromatic heterocycles. The van der Waals surface area contributed by atoms with Gasteiger partial charge in [-0.25, -0.2) is 0 Å². The molecular weight excluding hydrogens is 540 g/mol. The van der Waals surface area contributed by atoms with E-state index in [4.69, 9.17) is 18.9 Å². The molecule has 0 aromatic carbocycles. The van der Waals surface area contributed by atoms with Crippen LogP contribution < -0.4 is 0 Å². The number of ether oxygens (including phenoxy) is 4. The van der Waals surface area contributed by atoms with Crippen molar-refractivity contribution in [2.45, 2.75) is 140 Å². The van der Waals surface area contributed by atoms with Crippen LogP contribution in [-0.4, -0.2) is 93.6 Å². The number of aliphatic hydroxyl groups excluding tert-OH is 5. The molecule has 7 aliphatic rings. The zero-order valence-electron chi connectivity index (χ0n) is 25.8. The third kappa shape index (κ3) is 4.28. The summed E-state index contributed by atoms with van der Waals surface area (Å²) in [6.07, 6.45) is 1.89. The molecule has 7 fully saturated rings. The Morgan fingerprint density at radius 3 is 2.36 bits per heavy atom. The summed E-state index contributed by atoms with van der Waals surface area (Å²) >= 11 is 0. The van der Waals surface area contributed by atoms with E-state index in [1.165, 1.54) is 12.8 Å². The Balaban J connectivity index is 1.05. The molecule has 3 heterocycles. The first kappa shape index (κ1) is 30.3. The summed E-state index contributed by atoms with van der Waals surface area (Å²) in [5.41, 5.74) is 0.0340. The largest absolute Gasteiger partial charge is 0.394 e. The van der Waals surface area contributed by atoms with E-state index in [0.29, 0.717) is 47.8 Å². The fraction of sp³-hybridized carbons (Fsp3) is 1.00. The first-order chi connectivity index (χ1) is 19.9. The molecule has 4 aliphatic carbocycles. The molecule has 1 spiro atoms. The quantitative estimate of drug-likeness (QED) is 0.312. The third-order valence-electron chi connectivity index (χ3n) is 14.2. The number of fused-ring (bicyclic) bond motifs is 7. The molecule has 0 radical (unpaired) electrons. The molecule has 0 amide bonds. The minimum Gasteiger partial charge on any atom is -0.394 e. The fourth-order valence-electron chi connectivity index (χ4n) is 11.8. The van der Waals surface area contributed by atoms with Crippen molar-refractivity contribution in [3.05, 3.63) is 0 Å². The normalized spacial score (nSPS) is 60.9. The molecule has 9 heteroatoms. The van der Waals surface area contributed by atoms with Gasteiger partial charge in [0, 0.05) is 18.8 Å².